The molecule has 0 saturated carbocycles. The number of aromatic hydroxyl groups is 1. The Morgan fingerprint density at radius 3 is 2.50 bits per heavy atom. The van der Waals surface area contributed by atoms with Gasteiger partial charge in [-0.3, -0.25) is 14.5 Å². The molecule has 1 fully saturated rings. The summed E-state index contributed by atoms with van der Waals surface area (Å²) in [5.74, 6) is 1.39. The van der Waals surface area contributed by atoms with Gasteiger partial charge in [-0.1, -0.05) is 36.4 Å². The lowest BCUT2D eigenvalue weighted by atomic mass is 9.84. The van der Waals surface area contributed by atoms with Gasteiger partial charge in [-0.25, -0.2) is 0 Å². The standard InChI is InChI=1S/C28H38N4O2/c1-21-25(20-31(3)29-21)19-30(2)26(16-22-8-6-5-7-9-22)24-12-14-32(15-13-24)18-23-10-11-27(33)28(17-23)34-4/h5-11,17,20,24,26,33H,12-16,18-19H2,1-4H3/t26-/m0/s1. The van der Waals surface area contributed by atoms with Gasteiger partial charge in [-0.15, -0.1) is 0 Å². The third-order valence-corrected chi connectivity index (χ3v) is 7.22. The SMILES string of the molecule is COc1cc(CN2CCC([C@H](Cc3ccccc3)N(C)Cc3cn(C)nc3C)CC2)ccc1O. The molecule has 1 aliphatic heterocycles. The predicted octanol–water partition coefficient (Wildman–Crippen LogP) is 4.40. The van der Waals surface area contributed by atoms with E-state index in [0.717, 1.165) is 38.3 Å². The van der Waals surface area contributed by atoms with Gasteiger partial charge in [0.05, 0.1) is 12.8 Å². The van der Waals surface area contributed by atoms with Gasteiger partial charge in [0.2, 0.25) is 0 Å². The summed E-state index contributed by atoms with van der Waals surface area (Å²) in [6.45, 7) is 6.08. The number of rotatable bonds is 9. The normalized spacial score (nSPS) is 16.1. The van der Waals surface area contributed by atoms with Crippen molar-refractivity contribution in [3.8, 4) is 11.5 Å². The lowest BCUT2D eigenvalue weighted by molar-refractivity contribution is 0.0953. The van der Waals surface area contributed by atoms with Gasteiger partial charge in [-0.2, -0.15) is 5.10 Å². The van der Waals surface area contributed by atoms with E-state index in [4.69, 9.17) is 4.74 Å². The van der Waals surface area contributed by atoms with Gasteiger partial charge in [-0.05, 0) is 75.5 Å². The number of piperidine rings is 1. The summed E-state index contributed by atoms with van der Waals surface area (Å²) in [6.07, 6.45) is 5.59. The Hall–Kier alpha value is -2.83. The van der Waals surface area contributed by atoms with Crippen molar-refractivity contribution >= 4 is 0 Å². The van der Waals surface area contributed by atoms with Crippen LogP contribution in [0.5, 0.6) is 11.5 Å². The Bertz CT molecular complexity index is 1060. The molecule has 3 aromatic rings. The lowest BCUT2D eigenvalue weighted by Crippen LogP contribution is -2.45. The fraction of sp³-hybridized carbons (Fsp3) is 0.464. The maximum absolute atomic E-state index is 9.89. The van der Waals surface area contributed by atoms with Gasteiger partial charge in [0.25, 0.3) is 0 Å². The van der Waals surface area contributed by atoms with Crippen LogP contribution in [0.1, 0.15) is 35.2 Å². The number of ether oxygens (including phenoxy) is 1. The van der Waals surface area contributed by atoms with Crippen LogP contribution < -0.4 is 4.74 Å². The van der Waals surface area contributed by atoms with E-state index in [1.54, 1.807) is 13.2 Å². The van der Waals surface area contributed by atoms with Gasteiger partial charge in [0.15, 0.2) is 11.5 Å². The van der Waals surface area contributed by atoms with Crippen LogP contribution in [0.15, 0.2) is 54.7 Å². The van der Waals surface area contributed by atoms with Crippen LogP contribution in [-0.2, 0) is 26.6 Å². The summed E-state index contributed by atoms with van der Waals surface area (Å²) in [4.78, 5) is 5.06. The van der Waals surface area contributed by atoms with E-state index in [-0.39, 0.29) is 5.75 Å². The molecule has 0 amide bonds. The van der Waals surface area contributed by atoms with Crippen molar-refractivity contribution in [2.75, 3.05) is 27.2 Å². The number of aryl methyl sites for hydroxylation is 2. The average molecular weight is 463 g/mol. The zero-order valence-corrected chi connectivity index (χ0v) is 20.9. The van der Waals surface area contributed by atoms with E-state index < -0.39 is 0 Å². The summed E-state index contributed by atoms with van der Waals surface area (Å²) in [5.41, 5.74) is 5.01. The molecular weight excluding hydrogens is 424 g/mol. The van der Waals surface area contributed by atoms with E-state index in [9.17, 15) is 5.11 Å². The first-order valence-corrected chi connectivity index (χ1v) is 12.2. The van der Waals surface area contributed by atoms with Crippen molar-refractivity contribution in [2.45, 2.75) is 45.3 Å². The highest BCUT2D eigenvalue weighted by molar-refractivity contribution is 5.41. The number of nitrogens with zero attached hydrogens (tertiary/aromatic N) is 4. The molecule has 1 N–H and O–H groups in total. The molecule has 2 heterocycles. The second kappa shape index (κ2) is 11.1. The second-order valence-corrected chi connectivity index (χ2v) is 9.71. The Morgan fingerprint density at radius 1 is 1.12 bits per heavy atom. The molecule has 4 rings (SSSR count). The van der Waals surface area contributed by atoms with Crippen molar-refractivity contribution in [1.82, 2.24) is 19.6 Å². The minimum atomic E-state index is 0.195. The minimum absolute atomic E-state index is 0.195. The second-order valence-electron chi connectivity index (χ2n) is 9.71. The predicted molar refractivity (Wildman–Crippen MR) is 136 cm³/mol. The van der Waals surface area contributed by atoms with Gasteiger partial charge in [0.1, 0.15) is 0 Å². The first-order chi connectivity index (χ1) is 16.4. The third kappa shape index (κ3) is 5.99. The highest BCUT2D eigenvalue weighted by atomic mass is 16.5. The van der Waals surface area contributed by atoms with Crippen molar-refractivity contribution in [3.05, 3.63) is 77.1 Å². The summed E-state index contributed by atoms with van der Waals surface area (Å²) >= 11 is 0. The molecule has 1 saturated heterocycles. The monoisotopic (exact) mass is 462 g/mol. The van der Waals surface area contributed by atoms with Crippen LogP contribution in [0, 0.1) is 12.8 Å². The van der Waals surface area contributed by atoms with Crippen LogP contribution >= 0.6 is 0 Å². The topological polar surface area (TPSA) is 53.8 Å². The van der Waals surface area contributed by atoms with Crippen molar-refractivity contribution in [3.63, 3.8) is 0 Å². The van der Waals surface area contributed by atoms with E-state index in [0.29, 0.717) is 17.7 Å². The molecule has 34 heavy (non-hydrogen) atoms. The quantitative estimate of drug-likeness (QED) is 0.511. The van der Waals surface area contributed by atoms with Crippen molar-refractivity contribution < 1.29 is 9.84 Å². The zero-order chi connectivity index (χ0) is 24.1. The summed E-state index contributed by atoms with van der Waals surface area (Å²) in [5, 5.41) is 14.4. The zero-order valence-electron chi connectivity index (χ0n) is 20.9. The number of phenols is 1. The maximum atomic E-state index is 9.89. The Morgan fingerprint density at radius 2 is 1.85 bits per heavy atom. The number of hydrogen-bond acceptors (Lipinski definition) is 5. The number of likely N-dealkylation sites (N-methyl/N-ethyl adjacent to an activating group) is 1. The van der Waals surface area contributed by atoms with Crippen LogP contribution in [0.4, 0.5) is 0 Å². The molecule has 0 radical (unpaired) electrons. The number of likely N-dealkylation sites (tertiary alicyclic amines) is 1. The number of aromatic nitrogens is 2. The highest BCUT2D eigenvalue weighted by Gasteiger charge is 2.30. The molecule has 2 aromatic carbocycles. The molecule has 0 spiro atoms. The smallest absolute Gasteiger partial charge is 0.160 e. The van der Waals surface area contributed by atoms with Crippen LogP contribution in [-0.4, -0.2) is 58.0 Å². The molecular formula is C28H38N4O2. The van der Waals surface area contributed by atoms with Crippen LogP contribution in [0.25, 0.3) is 0 Å². The number of hydrogen-bond donors (Lipinski definition) is 1. The summed E-state index contributed by atoms with van der Waals surface area (Å²) < 4.78 is 7.20. The van der Waals surface area contributed by atoms with Crippen LogP contribution in [0.3, 0.4) is 0 Å². The van der Waals surface area contributed by atoms with Gasteiger partial charge < -0.3 is 9.84 Å². The fourth-order valence-corrected chi connectivity index (χ4v) is 5.30. The van der Waals surface area contributed by atoms with Gasteiger partial charge >= 0.3 is 0 Å². The molecule has 6 heteroatoms. The fourth-order valence-electron chi connectivity index (χ4n) is 5.30. The van der Waals surface area contributed by atoms with E-state index in [1.807, 2.05) is 23.9 Å². The van der Waals surface area contributed by atoms with E-state index in [2.05, 4.69) is 65.4 Å². The molecule has 1 aliphatic rings. The first kappa shape index (κ1) is 24.3. The Labute approximate surface area is 203 Å². The summed E-state index contributed by atoms with van der Waals surface area (Å²) in [7, 11) is 5.87. The number of phenolic OH excluding ortho intramolecular Hbond substituents is 1. The van der Waals surface area contributed by atoms with Crippen LogP contribution in [0.2, 0.25) is 0 Å². The Balaban J connectivity index is 1.42. The average Bonchev–Trinajstić information content (AvgIpc) is 3.16. The molecule has 1 atom stereocenters. The molecule has 182 valence electrons. The minimum Gasteiger partial charge on any atom is -0.504 e. The van der Waals surface area contributed by atoms with Crippen molar-refractivity contribution in [2.24, 2.45) is 13.0 Å². The lowest BCUT2D eigenvalue weighted by Gasteiger charge is -2.40. The maximum Gasteiger partial charge on any atom is 0.160 e. The van der Waals surface area contributed by atoms with Crippen molar-refractivity contribution in [1.29, 1.82) is 0 Å². The molecule has 0 bridgehead atoms. The first-order valence-electron chi connectivity index (χ1n) is 12.2. The van der Waals surface area contributed by atoms with Gasteiger partial charge in [0, 0.05) is 37.9 Å². The molecule has 1 aromatic heterocycles. The summed E-state index contributed by atoms with van der Waals surface area (Å²) in [6, 6.07) is 17.0. The van der Waals surface area contributed by atoms with E-state index >= 15 is 0 Å². The third-order valence-electron chi connectivity index (χ3n) is 7.22. The van der Waals surface area contributed by atoms with E-state index in [1.165, 1.54) is 29.5 Å². The number of benzene rings is 2. The number of methoxy groups -OCH3 is 1. The molecule has 6 nitrogen and oxygen atoms in total. The largest absolute Gasteiger partial charge is 0.504 e. The molecule has 0 unspecified atom stereocenters. The Kier molecular flexibility index (Phi) is 7.91. The molecule has 0 aliphatic carbocycles. The highest BCUT2D eigenvalue weighted by Crippen LogP contribution is 2.30.